The quantitative estimate of drug-likeness (QED) is 0.559. The Kier molecular flexibility index (Phi) is 6.17. The molecule has 0 unspecified atom stereocenters. The fourth-order valence-electron chi connectivity index (χ4n) is 4.18. The van der Waals surface area contributed by atoms with Crippen LogP contribution in [0, 0.1) is 0 Å². The smallest absolute Gasteiger partial charge is 0.247 e. The van der Waals surface area contributed by atoms with Crippen molar-refractivity contribution >= 4 is 27.5 Å². The summed E-state index contributed by atoms with van der Waals surface area (Å²) in [5.41, 5.74) is 7.84. The number of anilines is 1. The van der Waals surface area contributed by atoms with Crippen molar-refractivity contribution in [2.24, 2.45) is 5.73 Å². The number of fused-ring (bicyclic) bond motifs is 1. The predicted molar refractivity (Wildman–Crippen MR) is 120 cm³/mol. The van der Waals surface area contributed by atoms with Crippen molar-refractivity contribution < 1.29 is 28.2 Å². The molecule has 33 heavy (non-hydrogen) atoms. The third-order valence-corrected chi connectivity index (χ3v) is 7.87. The average Bonchev–Trinajstić information content (AvgIpc) is 3.21. The SMILES string of the molecule is NC(=O)CCC(=O)N1CCN(c2ccc3c(c2)CN(S(=O)(=O)c2ccc(O)cc2O)C3)CC1. The molecule has 10 nitrogen and oxygen atoms in total. The minimum atomic E-state index is -3.94. The van der Waals surface area contributed by atoms with Crippen LogP contribution in [0.3, 0.4) is 0 Å². The van der Waals surface area contributed by atoms with Gasteiger partial charge in [-0.1, -0.05) is 6.07 Å². The van der Waals surface area contributed by atoms with E-state index in [0.717, 1.165) is 22.9 Å². The van der Waals surface area contributed by atoms with Crippen molar-refractivity contribution in [1.29, 1.82) is 0 Å². The number of carbonyl (C=O) groups is 2. The van der Waals surface area contributed by atoms with Gasteiger partial charge < -0.3 is 25.7 Å². The van der Waals surface area contributed by atoms with E-state index in [1.165, 1.54) is 16.4 Å². The van der Waals surface area contributed by atoms with E-state index in [1.54, 1.807) is 4.90 Å². The van der Waals surface area contributed by atoms with Gasteiger partial charge in [-0.3, -0.25) is 9.59 Å². The molecule has 0 saturated carbocycles. The summed E-state index contributed by atoms with van der Waals surface area (Å²) >= 11 is 0. The van der Waals surface area contributed by atoms with Crippen molar-refractivity contribution in [3.05, 3.63) is 47.5 Å². The molecule has 176 valence electrons. The largest absolute Gasteiger partial charge is 0.508 e. The topological polar surface area (TPSA) is 144 Å². The van der Waals surface area contributed by atoms with Gasteiger partial charge >= 0.3 is 0 Å². The number of aromatic hydroxyl groups is 2. The van der Waals surface area contributed by atoms with E-state index in [0.29, 0.717) is 26.2 Å². The summed E-state index contributed by atoms with van der Waals surface area (Å²) in [7, 11) is -3.94. The number of benzene rings is 2. The lowest BCUT2D eigenvalue weighted by Crippen LogP contribution is -2.48. The first kappa shape index (κ1) is 22.9. The molecule has 2 aliphatic rings. The number of phenols is 2. The summed E-state index contributed by atoms with van der Waals surface area (Å²) in [6, 6.07) is 9.24. The van der Waals surface area contributed by atoms with Crippen LogP contribution in [0.25, 0.3) is 0 Å². The van der Waals surface area contributed by atoms with Crippen molar-refractivity contribution in [2.75, 3.05) is 31.1 Å². The van der Waals surface area contributed by atoms with E-state index < -0.39 is 21.7 Å². The van der Waals surface area contributed by atoms with Gasteiger partial charge in [0.2, 0.25) is 21.8 Å². The molecule has 0 aliphatic carbocycles. The van der Waals surface area contributed by atoms with Crippen LogP contribution in [-0.4, -0.2) is 65.8 Å². The molecule has 2 aliphatic heterocycles. The van der Waals surface area contributed by atoms with Gasteiger partial charge in [-0.05, 0) is 35.4 Å². The Labute approximate surface area is 191 Å². The monoisotopic (exact) mass is 474 g/mol. The maximum atomic E-state index is 13.0. The first-order valence-electron chi connectivity index (χ1n) is 10.6. The zero-order valence-corrected chi connectivity index (χ0v) is 18.8. The zero-order chi connectivity index (χ0) is 23.8. The summed E-state index contributed by atoms with van der Waals surface area (Å²) in [5, 5.41) is 19.5. The minimum absolute atomic E-state index is 0.0468. The molecule has 2 heterocycles. The highest BCUT2D eigenvalue weighted by molar-refractivity contribution is 7.89. The van der Waals surface area contributed by atoms with Gasteiger partial charge in [0, 0.05) is 63.9 Å². The highest BCUT2D eigenvalue weighted by Gasteiger charge is 2.33. The van der Waals surface area contributed by atoms with Crippen molar-refractivity contribution in [1.82, 2.24) is 9.21 Å². The first-order chi connectivity index (χ1) is 15.6. The molecular weight excluding hydrogens is 448 g/mol. The summed E-state index contributed by atoms with van der Waals surface area (Å²) in [6.45, 7) is 2.71. The number of hydrogen-bond acceptors (Lipinski definition) is 7. The Hall–Kier alpha value is -3.31. The van der Waals surface area contributed by atoms with Crippen LogP contribution in [0.5, 0.6) is 11.5 Å². The molecule has 0 atom stereocenters. The van der Waals surface area contributed by atoms with Gasteiger partial charge in [0.15, 0.2) is 0 Å². The highest BCUT2D eigenvalue weighted by atomic mass is 32.2. The summed E-state index contributed by atoms with van der Waals surface area (Å²) in [5.74, 6) is -1.28. The summed E-state index contributed by atoms with van der Waals surface area (Å²) in [4.78, 5) is 26.7. The van der Waals surface area contributed by atoms with Crippen LogP contribution in [0.1, 0.15) is 24.0 Å². The Morgan fingerprint density at radius 1 is 0.909 bits per heavy atom. The number of phenolic OH excluding ortho intramolecular Hbond substituents is 2. The van der Waals surface area contributed by atoms with Crippen LogP contribution >= 0.6 is 0 Å². The molecule has 11 heteroatoms. The second-order valence-electron chi connectivity index (χ2n) is 8.21. The van der Waals surface area contributed by atoms with E-state index in [9.17, 15) is 28.2 Å². The molecular formula is C22H26N4O6S. The summed E-state index contributed by atoms with van der Waals surface area (Å²) in [6.07, 6.45) is 0.167. The fraction of sp³-hybridized carbons (Fsp3) is 0.364. The Balaban J connectivity index is 1.42. The van der Waals surface area contributed by atoms with Crippen molar-refractivity contribution in [3.63, 3.8) is 0 Å². The Bertz CT molecular complexity index is 1190. The molecule has 2 aromatic carbocycles. The molecule has 1 saturated heterocycles. The molecule has 0 radical (unpaired) electrons. The lowest BCUT2D eigenvalue weighted by atomic mass is 10.1. The number of hydrogen-bond donors (Lipinski definition) is 3. The number of piperazine rings is 1. The van der Waals surface area contributed by atoms with Gasteiger partial charge in [0.25, 0.3) is 0 Å². The number of sulfonamides is 1. The summed E-state index contributed by atoms with van der Waals surface area (Å²) < 4.78 is 27.3. The van der Waals surface area contributed by atoms with Crippen molar-refractivity contribution in [2.45, 2.75) is 30.8 Å². The minimum Gasteiger partial charge on any atom is -0.508 e. The second kappa shape index (κ2) is 8.91. The average molecular weight is 475 g/mol. The first-order valence-corrected chi connectivity index (χ1v) is 12.0. The maximum absolute atomic E-state index is 13.0. The van der Waals surface area contributed by atoms with E-state index >= 15 is 0 Å². The molecule has 4 N–H and O–H groups in total. The number of amides is 2. The van der Waals surface area contributed by atoms with Gasteiger partial charge in [0.05, 0.1) is 0 Å². The number of primary amides is 1. The molecule has 1 fully saturated rings. The highest BCUT2D eigenvalue weighted by Crippen LogP contribution is 2.35. The van der Waals surface area contributed by atoms with Crippen LogP contribution in [0.15, 0.2) is 41.3 Å². The number of nitrogens with two attached hydrogens (primary N) is 1. The Morgan fingerprint density at radius 2 is 1.61 bits per heavy atom. The zero-order valence-electron chi connectivity index (χ0n) is 18.0. The molecule has 2 amide bonds. The standard InChI is InChI=1S/C22H26N4O6S/c23-21(29)5-6-22(30)25-9-7-24(8-10-25)17-2-1-15-13-26(14-16(15)11-17)33(31,32)20-4-3-18(27)12-19(20)28/h1-4,11-12,27-28H,5-10,13-14H2,(H2,23,29). The molecule has 0 bridgehead atoms. The van der Waals surface area contributed by atoms with Gasteiger partial charge in [-0.25, -0.2) is 8.42 Å². The van der Waals surface area contributed by atoms with E-state index in [2.05, 4.69) is 4.90 Å². The van der Waals surface area contributed by atoms with Gasteiger partial charge in [-0.2, -0.15) is 4.31 Å². The van der Waals surface area contributed by atoms with Crippen LogP contribution in [0.2, 0.25) is 0 Å². The van der Waals surface area contributed by atoms with Gasteiger partial charge in [0.1, 0.15) is 16.4 Å². The lowest BCUT2D eigenvalue weighted by Gasteiger charge is -2.36. The van der Waals surface area contributed by atoms with Crippen LogP contribution < -0.4 is 10.6 Å². The third kappa shape index (κ3) is 4.74. The second-order valence-corrected chi connectivity index (χ2v) is 10.1. The van der Waals surface area contributed by atoms with E-state index in [4.69, 9.17) is 5.73 Å². The van der Waals surface area contributed by atoms with E-state index in [-0.39, 0.29) is 42.5 Å². The van der Waals surface area contributed by atoms with E-state index in [1.807, 2.05) is 18.2 Å². The number of carbonyl (C=O) groups excluding carboxylic acids is 2. The molecule has 0 aromatic heterocycles. The molecule has 0 spiro atoms. The van der Waals surface area contributed by atoms with Crippen LogP contribution in [-0.2, 0) is 32.7 Å². The molecule has 2 aromatic rings. The predicted octanol–water partition coefficient (Wildman–Crippen LogP) is 0.716. The maximum Gasteiger partial charge on any atom is 0.247 e. The number of rotatable bonds is 6. The molecule has 4 rings (SSSR count). The third-order valence-electron chi connectivity index (χ3n) is 6.03. The number of nitrogens with zero attached hydrogens (tertiary/aromatic N) is 3. The lowest BCUT2D eigenvalue weighted by molar-refractivity contribution is -0.133. The Morgan fingerprint density at radius 3 is 2.27 bits per heavy atom. The fourth-order valence-corrected chi connectivity index (χ4v) is 5.64. The normalized spacial score (nSPS) is 16.6. The van der Waals surface area contributed by atoms with Crippen LogP contribution in [0.4, 0.5) is 5.69 Å². The van der Waals surface area contributed by atoms with Crippen molar-refractivity contribution in [3.8, 4) is 11.5 Å². The van der Waals surface area contributed by atoms with Gasteiger partial charge in [-0.15, -0.1) is 0 Å².